The highest BCUT2D eigenvalue weighted by atomic mass is 32.2. The van der Waals surface area contributed by atoms with Crippen LogP contribution < -0.4 is 9.62 Å². The van der Waals surface area contributed by atoms with E-state index in [1.807, 2.05) is 37.3 Å². The van der Waals surface area contributed by atoms with Gasteiger partial charge in [0.1, 0.15) is 18.4 Å². The second-order valence-electron chi connectivity index (χ2n) is 10.8. The van der Waals surface area contributed by atoms with Crippen LogP contribution in [0.1, 0.15) is 48.8 Å². The minimum absolute atomic E-state index is 0.0000123. The molecule has 41 heavy (non-hydrogen) atoms. The van der Waals surface area contributed by atoms with Crippen LogP contribution in [0.15, 0.2) is 78.9 Å². The summed E-state index contributed by atoms with van der Waals surface area (Å²) in [7, 11) is -3.86. The van der Waals surface area contributed by atoms with Crippen molar-refractivity contribution in [1.29, 1.82) is 0 Å². The van der Waals surface area contributed by atoms with Gasteiger partial charge in [-0.1, -0.05) is 85.5 Å². The third-order valence-electron chi connectivity index (χ3n) is 7.52. The molecule has 1 saturated carbocycles. The number of rotatable bonds is 11. The van der Waals surface area contributed by atoms with E-state index in [0.29, 0.717) is 5.69 Å². The maximum atomic E-state index is 14.9. The molecular weight excluding hydrogens is 541 g/mol. The summed E-state index contributed by atoms with van der Waals surface area (Å²) in [6.07, 6.45) is 6.12. The highest BCUT2D eigenvalue weighted by Crippen LogP contribution is 2.23. The number of anilines is 1. The number of sulfonamides is 1. The Kier molecular flexibility index (Phi) is 10.2. The van der Waals surface area contributed by atoms with Crippen molar-refractivity contribution in [2.75, 3.05) is 17.1 Å². The second kappa shape index (κ2) is 13.8. The Hall–Kier alpha value is -3.72. The van der Waals surface area contributed by atoms with Crippen molar-refractivity contribution in [1.82, 2.24) is 10.2 Å². The molecule has 1 aliphatic rings. The summed E-state index contributed by atoms with van der Waals surface area (Å²) in [6, 6.07) is 21.3. The molecule has 1 aliphatic carbocycles. The minimum Gasteiger partial charge on any atom is -0.352 e. The van der Waals surface area contributed by atoms with E-state index < -0.39 is 34.3 Å². The second-order valence-corrected chi connectivity index (χ2v) is 12.7. The van der Waals surface area contributed by atoms with E-state index in [1.165, 1.54) is 11.0 Å². The van der Waals surface area contributed by atoms with E-state index in [9.17, 15) is 22.4 Å². The zero-order valence-electron chi connectivity index (χ0n) is 23.6. The summed E-state index contributed by atoms with van der Waals surface area (Å²) in [6.45, 7) is 1.17. The van der Waals surface area contributed by atoms with Gasteiger partial charge in [0.05, 0.1) is 11.9 Å². The highest BCUT2D eigenvalue weighted by Gasteiger charge is 2.34. The van der Waals surface area contributed by atoms with E-state index in [-0.39, 0.29) is 30.5 Å². The molecule has 0 aliphatic heterocycles. The summed E-state index contributed by atoms with van der Waals surface area (Å²) in [5, 5.41) is 3.14. The van der Waals surface area contributed by atoms with Gasteiger partial charge in [-0.3, -0.25) is 13.9 Å². The molecule has 0 spiro atoms. The lowest BCUT2D eigenvalue weighted by molar-refractivity contribution is -0.140. The average molecular weight is 580 g/mol. The fraction of sp³-hybridized carbons (Fsp3) is 0.375. The smallest absolute Gasteiger partial charge is 0.244 e. The van der Waals surface area contributed by atoms with Crippen molar-refractivity contribution >= 4 is 27.5 Å². The van der Waals surface area contributed by atoms with Crippen molar-refractivity contribution in [3.05, 3.63) is 101 Å². The zero-order valence-corrected chi connectivity index (χ0v) is 24.4. The highest BCUT2D eigenvalue weighted by molar-refractivity contribution is 7.92. The Morgan fingerprint density at radius 3 is 2.20 bits per heavy atom. The van der Waals surface area contributed by atoms with E-state index >= 15 is 0 Å². The first-order valence-corrected chi connectivity index (χ1v) is 15.9. The molecule has 0 aromatic heterocycles. The summed E-state index contributed by atoms with van der Waals surface area (Å²) in [4.78, 5) is 29.3. The number of amides is 2. The molecule has 0 unspecified atom stereocenters. The van der Waals surface area contributed by atoms with Crippen LogP contribution in [0.4, 0.5) is 10.1 Å². The normalized spacial score (nSPS) is 14.7. The Labute approximate surface area is 242 Å². The summed E-state index contributed by atoms with van der Waals surface area (Å²) in [5.41, 5.74) is 2.35. The van der Waals surface area contributed by atoms with Crippen LogP contribution in [0, 0.1) is 12.7 Å². The molecule has 3 aromatic rings. The number of aryl methyl sites for hydroxylation is 1. The van der Waals surface area contributed by atoms with Crippen molar-refractivity contribution in [3.8, 4) is 0 Å². The van der Waals surface area contributed by atoms with Gasteiger partial charge in [-0.15, -0.1) is 0 Å². The molecule has 4 rings (SSSR count). The number of carbonyl (C=O) groups excluding carboxylic acids is 2. The van der Waals surface area contributed by atoms with E-state index in [0.717, 1.165) is 53.8 Å². The average Bonchev–Trinajstić information content (AvgIpc) is 2.95. The van der Waals surface area contributed by atoms with E-state index in [2.05, 4.69) is 5.32 Å². The Morgan fingerprint density at radius 2 is 1.56 bits per heavy atom. The Bertz CT molecular complexity index is 1420. The molecule has 9 heteroatoms. The van der Waals surface area contributed by atoms with Gasteiger partial charge in [0.25, 0.3) is 0 Å². The number of carbonyl (C=O) groups is 2. The molecule has 0 radical (unpaired) electrons. The van der Waals surface area contributed by atoms with Gasteiger partial charge >= 0.3 is 0 Å². The molecule has 1 N–H and O–H groups in total. The molecule has 0 saturated heterocycles. The SMILES string of the molecule is Cc1ccc(N(CC(=O)N(Cc2ccccc2F)[C@H](Cc2ccccc2)C(=O)NC2CCCCC2)S(C)(=O)=O)cc1. The third-order valence-corrected chi connectivity index (χ3v) is 8.66. The van der Waals surface area contributed by atoms with Crippen molar-refractivity contribution in [2.45, 2.75) is 64.1 Å². The fourth-order valence-corrected chi connectivity index (χ4v) is 6.08. The van der Waals surface area contributed by atoms with Crippen LogP contribution in [-0.2, 0) is 32.6 Å². The third kappa shape index (κ3) is 8.39. The molecule has 2 amide bonds. The molecule has 218 valence electrons. The maximum absolute atomic E-state index is 14.9. The standard InChI is InChI=1S/C32H38FN3O4S/c1-24-17-19-28(20-18-24)36(41(2,39)40)23-31(37)35(22-26-13-9-10-16-29(26)33)30(21-25-11-5-3-6-12-25)32(38)34-27-14-7-4-8-15-27/h3,5-6,9-13,16-20,27,30H,4,7-8,14-15,21-23H2,1-2H3,(H,34,38)/t30-/m1/s1. The minimum atomic E-state index is -3.86. The van der Waals surface area contributed by atoms with Gasteiger partial charge in [0.2, 0.25) is 21.8 Å². The lowest BCUT2D eigenvalue weighted by Crippen LogP contribution is -2.55. The van der Waals surface area contributed by atoms with Crippen LogP contribution in [-0.4, -0.2) is 50.0 Å². The molecule has 7 nitrogen and oxygen atoms in total. The first kappa shape index (κ1) is 30.2. The van der Waals surface area contributed by atoms with Gasteiger partial charge < -0.3 is 10.2 Å². The summed E-state index contributed by atoms with van der Waals surface area (Å²) < 4.78 is 41.6. The van der Waals surface area contributed by atoms with Crippen molar-refractivity contribution < 1.29 is 22.4 Å². The molecular formula is C32H38FN3O4S. The number of benzene rings is 3. The maximum Gasteiger partial charge on any atom is 0.244 e. The largest absolute Gasteiger partial charge is 0.352 e. The Morgan fingerprint density at radius 1 is 0.927 bits per heavy atom. The van der Waals surface area contributed by atoms with Crippen LogP contribution in [0.5, 0.6) is 0 Å². The van der Waals surface area contributed by atoms with Gasteiger partial charge in [-0.05, 0) is 43.5 Å². The predicted octanol–water partition coefficient (Wildman–Crippen LogP) is 4.99. The van der Waals surface area contributed by atoms with Gasteiger partial charge in [-0.2, -0.15) is 0 Å². The first-order valence-electron chi connectivity index (χ1n) is 14.0. The van der Waals surface area contributed by atoms with Crippen LogP contribution in [0.25, 0.3) is 0 Å². The van der Waals surface area contributed by atoms with Crippen LogP contribution in [0.3, 0.4) is 0 Å². The molecule has 0 heterocycles. The van der Waals surface area contributed by atoms with Crippen molar-refractivity contribution in [2.24, 2.45) is 0 Å². The van der Waals surface area contributed by atoms with E-state index in [4.69, 9.17) is 0 Å². The quantitative estimate of drug-likeness (QED) is 0.347. The topological polar surface area (TPSA) is 86.8 Å². The lowest BCUT2D eigenvalue weighted by atomic mass is 9.94. The molecule has 0 bridgehead atoms. The number of nitrogens with one attached hydrogen (secondary N) is 1. The lowest BCUT2D eigenvalue weighted by Gasteiger charge is -2.35. The molecule has 3 aromatic carbocycles. The first-order chi connectivity index (χ1) is 19.6. The fourth-order valence-electron chi connectivity index (χ4n) is 5.23. The number of hydrogen-bond donors (Lipinski definition) is 1. The van der Waals surface area contributed by atoms with Crippen LogP contribution >= 0.6 is 0 Å². The van der Waals surface area contributed by atoms with E-state index in [1.54, 1.807) is 42.5 Å². The summed E-state index contributed by atoms with van der Waals surface area (Å²) in [5.74, 6) is -1.43. The van der Waals surface area contributed by atoms with Gasteiger partial charge in [0, 0.05) is 24.6 Å². The summed E-state index contributed by atoms with van der Waals surface area (Å²) >= 11 is 0. The zero-order chi connectivity index (χ0) is 29.4. The van der Waals surface area contributed by atoms with Crippen molar-refractivity contribution in [3.63, 3.8) is 0 Å². The Balaban J connectivity index is 1.72. The number of halogens is 1. The number of nitrogens with zero attached hydrogens (tertiary/aromatic N) is 2. The molecule has 1 atom stereocenters. The molecule has 1 fully saturated rings. The van der Waals surface area contributed by atoms with Crippen LogP contribution in [0.2, 0.25) is 0 Å². The monoisotopic (exact) mass is 579 g/mol. The number of hydrogen-bond acceptors (Lipinski definition) is 4. The predicted molar refractivity (Wildman–Crippen MR) is 159 cm³/mol. The van der Waals surface area contributed by atoms with Gasteiger partial charge in [-0.25, -0.2) is 12.8 Å². The van der Waals surface area contributed by atoms with Gasteiger partial charge in [0.15, 0.2) is 0 Å².